The minimum absolute atomic E-state index is 0.179. The zero-order valence-corrected chi connectivity index (χ0v) is 16.8. The number of pyridine rings is 1. The number of hydrogen-bond acceptors (Lipinski definition) is 3. The van der Waals surface area contributed by atoms with Crippen LogP contribution in [0.25, 0.3) is 33.1 Å². The molecule has 0 fully saturated rings. The number of nitrogens with zero attached hydrogens (tertiary/aromatic N) is 3. The van der Waals surface area contributed by atoms with Crippen molar-refractivity contribution in [3.63, 3.8) is 0 Å². The lowest BCUT2D eigenvalue weighted by Gasteiger charge is -2.09. The Hall–Kier alpha value is -3.93. The Bertz CT molecular complexity index is 1360. The van der Waals surface area contributed by atoms with Gasteiger partial charge in [0.1, 0.15) is 5.52 Å². The van der Waals surface area contributed by atoms with Gasteiger partial charge in [-0.1, -0.05) is 30.3 Å². The molecule has 0 spiro atoms. The first-order chi connectivity index (χ1) is 14.6. The fourth-order valence-electron chi connectivity index (χ4n) is 3.73. The van der Waals surface area contributed by atoms with Crippen LogP contribution in [0, 0.1) is 0 Å². The fraction of sp³-hybridized carbons (Fsp3) is 0.125. The molecule has 5 aromatic rings. The second-order valence-electron chi connectivity index (χ2n) is 7.63. The molecule has 2 aromatic carbocycles. The Morgan fingerprint density at radius 3 is 2.67 bits per heavy atom. The van der Waals surface area contributed by atoms with Crippen molar-refractivity contribution in [2.75, 3.05) is 5.32 Å². The summed E-state index contributed by atoms with van der Waals surface area (Å²) in [4.78, 5) is 17.8. The Labute approximate surface area is 173 Å². The van der Waals surface area contributed by atoms with E-state index < -0.39 is 0 Å². The topological polar surface area (TPSA) is 75.6 Å². The summed E-state index contributed by atoms with van der Waals surface area (Å²) in [5.41, 5.74) is 5.99. The lowest BCUT2D eigenvalue weighted by Crippen LogP contribution is -2.11. The van der Waals surface area contributed by atoms with E-state index in [-0.39, 0.29) is 11.9 Å². The van der Waals surface area contributed by atoms with E-state index in [4.69, 9.17) is 0 Å². The second kappa shape index (κ2) is 7.15. The SMILES string of the molecule is CC(C)n1cc(C(=O)Nc2ccc3[nH]ncc3c2)c2ncc(-c3ccccc3)cc21. The molecule has 0 atom stereocenters. The molecule has 3 heterocycles. The van der Waals surface area contributed by atoms with E-state index in [0.717, 1.165) is 33.2 Å². The van der Waals surface area contributed by atoms with Crippen molar-refractivity contribution in [2.24, 2.45) is 0 Å². The molecule has 0 radical (unpaired) electrons. The number of aromatic amines is 1. The number of carbonyl (C=O) groups excluding carboxylic acids is 1. The van der Waals surface area contributed by atoms with Crippen LogP contribution < -0.4 is 5.32 Å². The molecule has 30 heavy (non-hydrogen) atoms. The number of carbonyl (C=O) groups is 1. The number of anilines is 1. The van der Waals surface area contributed by atoms with Crippen molar-refractivity contribution >= 4 is 33.5 Å². The van der Waals surface area contributed by atoms with Crippen molar-refractivity contribution in [3.05, 3.63) is 78.8 Å². The Morgan fingerprint density at radius 2 is 1.87 bits per heavy atom. The van der Waals surface area contributed by atoms with E-state index in [1.165, 1.54) is 0 Å². The third-order valence-corrected chi connectivity index (χ3v) is 5.28. The van der Waals surface area contributed by atoms with Gasteiger partial charge in [-0.05, 0) is 43.7 Å². The zero-order chi connectivity index (χ0) is 20.7. The molecular weight excluding hydrogens is 374 g/mol. The first-order valence-corrected chi connectivity index (χ1v) is 9.90. The van der Waals surface area contributed by atoms with Crippen LogP contribution in [0.5, 0.6) is 0 Å². The molecule has 6 heteroatoms. The Morgan fingerprint density at radius 1 is 1.03 bits per heavy atom. The summed E-state index contributed by atoms with van der Waals surface area (Å²) in [7, 11) is 0. The lowest BCUT2D eigenvalue weighted by molar-refractivity contribution is 0.102. The largest absolute Gasteiger partial charge is 0.343 e. The highest BCUT2D eigenvalue weighted by Crippen LogP contribution is 2.29. The lowest BCUT2D eigenvalue weighted by atomic mass is 10.1. The van der Waals surface area contributed by atoms with Gasteiger partial charge >= 0.3 is 0 Å². The highest BCUT2D eigenvalue weighted by molar-refractivity contribution is 6.12. The first-order valence-electron chi connectivity index (χ1n) is 9.90. The number of amides is 1. The van der Waals surface area contributed by atoms with Crippen LogP contribution in [0.4, 0.5) is 5.69 Å². The minimum Gasteiger partial charge on any atom is -0.343 e. The van der Waals surface area contributed by atoms with Crippen LogP contribution in [0.15, 0.2) is 73.2 Å². The summed E-state index contributed by atoms with van der Waals surface area (Å²) in [6, 6.07) is 18.1. The van der Waals surface area contributed by atoms with Crippen molar-refractivity contribution in [1.29, 1.82) is 0 Å². The normalized spacial score (nSPS) is 11.4. The van der Waals surface area contributed by atoms with Crippen LogP contribution in [0.3, 0.4) is 0 Å². The van der Waals surface area contributed by atoms with E-state index in [9.17, 15) is 4.79 Å². The average molecular weight is 395 g/mol. The van der Waals surface area contributed by atoms with Crippen molar-refractivity contribution in [3.8, 4) is 11.1 Å². The third-order valence-electron chi connectivity index (χ3n) is 5.28. The van der Waals surface area contributed by atoms with Crippen molar-refractivity contribution < 1.29 is 4.79 Å². The molecule has 5 rings (SSSR count). The number of benzene rings is 2. The van der Waals surface area contributed by atoms with Gasteiger partial charge in [0.15, 0.2) is 0 Å². The zero-order valence-electron chi connectivity index (χ0n) is 16.8. The van der Waals surface area contributed by atoms with Crippen LogP contribution >= 0.6 is 0 Å². The average Bonchev–Trinajstić information content (AvgIpc) is 3.38. The maximum Gasteiger partial charge on any atom is 0.259 e. The van der Waals surface area contributed by atoms with Crippen LogP contribution in [0.2, 0.25) is 0 Å². The van der Waals surface area contributed by atoms with Crippen LogP contribution in [0.1, 0.15) is 30.2 Å². The second-order valence-corrected chi connectivity index (χ2v) is 7.63. The molecule has 2 N–H and O–H groups in total. The summed E-state index contributed by atoms with van der Waals surface area (Å²) in [5, 5.41) is 10.9. The molecular formula is C24H21N5O. The third kappa shape index (κ3) is 3.12. The van der Waals surface area contributed by atoms with E-state index in [0.29, 0.717) is 11.1 Å². The number of rotatable bonds is 4. The monoisotopic (exact) mass is 395 g/mol. The highest BCUT2D eigenvalue weighted by atomic mass is 16.1. The van der Waals surface area contributed by atoms with E-state index in [1.54, 1.807) is 6.20 Å². The smallest absolute Gasteiger partial charge is 0.259 e. The molecule has 6 nitrogen and oxygen atoms in total. The molecule has 3 aromatic heterocycles. The van der Waals surface area contributed by atoms with Crippen LogP contribution in [-0.4, -0.2) is 25.7 Å². The van der Waals surface area contributed by atoms with Gasteiger partial charge in [-0.3, -0.25) is 14.9 Å². The van der Waals surface area contributed by atoms with E-state index in [1.807, 2.05) is 48.8 Å². The molecule has 0 saturated carbocycles. The van der Waals surface area contributed by atoms with Crippen molar-refractivity contribution in [1.82, 2.24) is 19.7 Å². The summed E-state index contributed by atoms with van der Waals surface area (Å²) >= 11 is 0. The van der Waals surface area contributed by atoms with Crippen LogP contribution in [-0.2, 0) is 0 Å². The quantitative estimate of drug-likeness (QED) is 0.427. The molecule has 0 aliphatic rings. The molecule has 0 saturated heterocycles. The highest BCUT2D eigenvalue weighted by Gasteiger charge is 2.19. The number of H-pyrrole nitrogens is 1. The summed E-state index contributed by atoms with van der Waals surface area (Å²) in [5.74, 6) is -0.179. The van der Waals surface area contributed by atoms with Gasteiger partial charge in [0, 0.05) is 35.1 Å². The van der Waals surface area contributed by atoms with Gasteiger partial charge in [-0.2, -0.15) is 5.10 Å². The Balaban J connectivity index is 1.55. The molecule has 1 amide bonds. The molecule has 0 bridgehead atoms. The first kappa shape index (κ1) is 18.1. The minimum atomic E-state index is -0.179. The van der Waals surface area contributed by atoms with E-state index in [2.05, 4.69) is 57.1 Å². The van der Waals surface area contributed by atoms with Gasteiger partial charge in [0.25, 0.3) is 5.91 Å². The predicted molar refractivity (Wildman–Crippen MR) is 120 cm³/mol. The summed E-state index contributed by atoms with van der Waals surface area (Å²) < 4.78 is 2.10. The molecule has 148 valence electrons. The van der Waals surface area contributed by atoms with Gasteiger partial charge in [-0.25, -0.2) is 0 Å². The number of aromatic nitrogens is 4. The standard InChI is InChI=1S/C24H21N5O/c1-15(2)29-14-20(24(30)27-19-8-9-21-18(10-19)13-26-28-21)23-22(29)11-17(12-25-23)16-6-4-3-5-7-16/h3-15H,1-2H3,(H,26,28)(H,27,30). The van der Waals surface area contributed by atoms with E-state index >= 15 is 0 Å². The molecule has 0 aliphatic carbocycles. The number of fused-ring (bicyclic) bond motifs is 2. The van der Waals surface area contributed by atoms with Crippen molar-refractivity contribution in [2.45, 2.75) is 19.9 Å². The number of nitrogens with one attached hydrogen (secondary N) is 2. The maximum atomic E-state index is 13.1. The van der Waals surface area contributed by atoms with Gasteiger partial charge in [-0.15, -0.1) is 0 Å². The number of hydrogen-bond donors (Lipinski definition) is 2. The maximum absolute atomic E-state index is 13.1. The molecule has 0 aliphatic heterocycles. The summed E-state index contributed by atoms with van der Waals surface area (Å²) in [6.07, 6.45) is 5.46. The van der Waals surface area contributed by atoms with Gasteiger partial charge in [0.05, 0.1) is 22.8 Å². The summed E-state index contributed by atoms with van der Waals surface area (Å²) in [6.45, 7) is 4.20. The molecule has 0 unspecified atom stereocenters. The van der Waals surface area contributed by atoms with Gasteiger partial charge in [0.2, 0.25) is 0 Å². The van der Waals surface area contributed by atoms with Gasteiger partial charge < -0.3 is 9.88 Å². The Kier molecular flexibility index (Phi) is 4.32. The predicted octanol–water partition coefficient (Wildman–Crippen LogP) is 5.41. The fourth-order valence-corrected chi connectivity index (χ4v) is 3.73.